The van der Waals surface area contributed by atoms with Crippen LogP contribution in [0.3, 0.4) is 0 Å². The van der Waals surface area contributed by atoms with Gasteiger partial charge in [-0.1, -0.05) is 83.3 Å². The third kappa shape index (κ3) is 20.1. The Bertz CT molecular complexity index is 198. The van der Waals surface area contributed by atoms with Crippen molar-refractivity contribution in [1.29, 1.82) is 0 Å². The zero-order valence-electron chi connectivity index (χ0n) is 14.9. The highest BCUT2D eigenvalue weighted by Gasteiger charge is 1.91. The number of hydrogen-bond donors (Lipinski definition) is 0. The molecule has 0 N–H and O–H groups in total. The lowest BCUT2D eigenvalue weighted by molar-refractivity contribution is 0.592. The molecule has 0 spiro atoms. The van der Waals surface area contributed by atoms with Gasteiger partial charge in [-0.15, -0.1) is 0 Å². The quantitative estimate of drug-likeness (QED) is 0.195. The first-order valence-corrected chi connectivity index (χ1v) is 10.9. The summed E-state index contributed by atoms with van der Waals surface area (Å²) in [4.78, 5) is 0. The van der Waals surface area contributed by atoms with Gasteiger partial charge < -0.3 is 0 Å². The second-order valence-electron chi connectivity index (χ2n) is 6.28. The van der Waals surface area contributed by atoms with Crippen LogP contribution in [0.25, 0.3) is 0 Å². The molecule has 0 aromatic rings. The summed E-state index contributed by atoms with van der Waals surface area (Å²) >= 11 is 1.98. The van der Waals surface area contributed by atoms with Crippen LogP contribution in [-0.2, 0) is 0 Å². The van der Waals surface area contributed by atoms with Gasteiger partial charge in [0.2, 0.25) is 0 Å². The maximum Gasteiger partial charge on any atom is -0.00703 e. The van der Waals surface area contributed by atoms with E-state index in [1.54, 1.807) is 0 Å². The Kier molecular flexibility index (Phi) is 20.2. The van der Waals surface area contributed by atoms with Crippen LogP contribution >= 0.6 is 11.8 Å². The van der Waals surface area contributed by atoms with Gasteiger partial charge in [-0.3, -0.25) is 0 Å². The van der Waals surface area contributed by atoms with Crippen molar-refractivity contribution in [2.24, 2.45) is 0 Å². The Hall–Kier alpha value is 0.0900. The van der Waals surface area contributed by atoms with Gasteiger partial charge >= 0.3 is 0 Å². The SMILES string of the molecule is CCCCCCCC/C=C\CCCCCCCCCSC. The van der Waals surface area contributed by atoms with Gasteiger partial charge in [-0.2, -0.15) is 11.8 Å². The largest absolute Gasteiger partial charge is 0.165 e. The van der Waals surface area contributed by atoms with Crippen molar-refractivity contribution in [2.75, 3.05) is 12.0 Å². The molecule has 0 unspecified atom stereocenters. The van der Waals surface area contributed by atoms with E-state index in [0.29, 0.717) is 0 Å². The maximum atomic E-state index is 2.42. The van der Waals surface area contributed by atoms with Gasteiger partial charge in [-0.05, 0) is 44.1 Å². The number of unbranched alkanes of at least 4 members (excludes halogenated alkanes) is 13. The van der Waals surface area contributed by atoms with E-state index >= 15 is 0 Å². The Balaban J connectivity index is 3.02. The van der Waals surface area contributed by atoms with E-state index in [-0.39, 0.29) is 0 Å². The minimum atomic E-state index is 1.31. The molecule has 0 aliphatic carbocycles. The highest BCUT2D eigenvalue weighted by molar-refractivity contribution is 7.98. The van der Waals surface area contributed by atoms with E-state index in [1.807, 2.05) is 11.8 Å². The van der Waals surface area contributed by atoms with Crippen LogP contribution in [0, 0.1) is 0 Å². The van der Waals surface area contributed by atoms with Crippen molar-refractivity contribution in [2.45, 2.75) is 103 Å². The number of hydrogen-bond acceptors (Lipinski definition) is 1. The van der Waals surface area contributed by atoms with E-state index < -0.39 is 0 Å². The fourth-order valence-electron chi connectivity index (χ4n) is 2.67. The third-order valence-electron chi connectivity index (χ3n) is 4.11. The summed E-state index contributed by atoms with van der Waals surface area (Å²) in [6, 6.07) is 0. The molecule has 0 radical (unpaired) electrons. The Morgan fingerprint density at radius 3 is 1.48 bits per heavy atom. The Morgan fingerprint density at radius 1 is 0.571 bits per heavy atom. The predicted octanol–water partition coefficient (Wildman–Crippen LogP) is 7.78. The minimum absolute atomic E-state index is 1.31. The molecule has 0 fully saturated rings. The van der Waals surface area contributed by atoms with Crippen molar-refractivity contribution in [3.05, 3.63) is 12.2 Å². The zero-order valence-corrected chi connectivity index (χ0v) is 15.7. The van der Waals surface area contributed by atoms with Gasteiger partial charge in [0.1, 0.15) is 0 Å². The fraction of sp³-hybridized carbons (Fsp3) is 0.900. The first kappa shape index (κ1) is 21.1. The van der Waals surface area contributed by atoms with Crippen molar-refractivity contribution >= 4 is 11.8 Å². The van der Waals surface area contributed by atoms with Crippen molar-refractivity contribution < 1.29 is 0 Å². The predicted molar refractivity (Wildman–Crippen MR) is 102 cm³/mol. The molecule has 0 nitrogen and oxygen atoms in total. The highest BCUT2D eigenvalue weighted by Crippen LogP contribution is 2.11. The molecular formula is C20H40S. The summed E-state index contributed by atoms with van der Waals surface area (Å²) in [5.41, 5.74) is 0. The zero-order chi connectivity index (χ0) is 15.4. The lowest BCUT2D eigenvalue weighted by Crippen LogP contribution is -1.82. The molecule has 1 heteroatoms. The number of thioether (sulfide) groups is 1. The fourth-order valence-corrected chi connectivity index (χ4v) is 3.16. The van der Waals surface area contributed by atoms with Crippen LogP contribution in [0.5, 0.6) is 0 Å². The second kappa shape index (κ2) is 20.1. The van der Waals surface area contributed by atoms with E-state index in [2.05, 4.69) is 25.3 Å². The standard InChI is InChI=1S/C20H40S/c1-3-4-5-6-7-8-9-10-11-12-13-14-15-16-17-18-19-20-21-2/h10-11H,3-9,12-20H2,1-2H3/b11-10-. The summed E-state index contributed by atoms with van der Waals surface area (Å²) < 4.78 is 0. The molecule has 0 aliphatic rings. The van der Waals surface area contributed by atoms with Crippen LogP contribution in [0.4, 0.5) is 0 Å². The van der Waals surface area contributed by atoms with Crippen molar-refractivity contribution in [3.8, 4) is 0 Å². The molecule has 126 valence electrons. The molecule has 0 amide bonds. The summed E-state index contributed by atoms with van der Waals surface area (Å²) in [5.74, 6) is 1.35. The maximum absolute atomic E-state index is 2.42. The monoisotopic (exact) mass is 312 g/mol. The average molecular weight is 313 g/mol. The molecular weight excluding hydrogens is 272 g/mol. The molecule has 0 saturated carbocycles. The van der Waals surface area contributed by atoms with Gasteiger partial charge in [0, 0.05) is 0 Å². The van der Waals surface area contributed by atoms with Crippen LogP contribution in [0.15, 0.2) is 12.2 Å². The Labute approximate surface area is 139 Å². The normalized spacial score (nSPS) is 11.5. The van der Waals surface area contributed by atoms with Crippen LogP contribution in [-0.4, -0.2) is 12.0 Å². The van der Waals surface area contributed by atoms with E-state index in [4.69, 9.17) is 0 Å². The van der Waals surface area contributed by atoms with Crippen LogP contribution < -0.4 is 0 Å². The molecule has 0 aromatic carbocycles. The lowest BCUT2D eigenvalue weighted by atomic mass is 10.1. The summed E-state index contributed by atoms with van der Waals surface area (Å²) in [6.07, 6.45) is 28.2. The molecule has 0 bridgehead atoms. The van der Waals surface area contributed by atoms with Crippen molar-refractivity contribution in [1.82, 2.24) is 0 Å². The van der Waals surface area contributed by atoms with Crippen LogP contribution in [0.2, 0.25) is 0 Å². The van der Waals surface area contributed by atoms with Gasteiger partial charge in [0.25, 0.3) is 0 Å². The number of rotatable bonds is 17. The van der Waals surface area contributed by atoms with E-state index in [9.17, 15) is 0 Å². The van der Waals surface area contributed by atoms with Gasteiger partial charge in [0.05, 0.1) is 0 Å². The Morgan fingerprint density at radius 2 is 1.00 bits per heavy atom. The molecule has 21 heavy (non-hydrogen) atoms. The smallest absolute Gasteiger partial charge is 0.00703 e. The van der Waals surface area contributed by atoms with E-state index in [0.717, 1.165) is 0 Å². The molecule has 0 atom stereocenters. The topological polar surface area (TPSA) is 0 Å². The second-order valence-corrected chi connectivity index (χ2v) is 7.27. The first-order chi connectivity index (χ1) is 10.4. The van der Waals surface area contributed by atoms with Gasteiger partial charge in [-0.25, -0.2) is 0 Å². The lowest BCUT2D eigenvalue weighted by Gasteiger charge is -2.00. The van der Waals surface area contributed by atoms with Gasteiger partial charge in [0.15, 0.2) is 0 Å². The molecule has 0 aromatic heterocycles. The summed E-state index contributed by atoms with van der Waals surface area (Å²) in [5, 5.41) is 0. The molecule has 0 rings (SSSR count). The average Bonchev–Trinajstić information content (AvgIpc) is 2.50. The summed E-state index contributed by atoms with van der Waals surface area (Å²) in [7, 11) is 0. The van der Waals surface area contributed by atoms with Crippen molar-refractivity contribution in [3.63, 3.8) is 0 Å². The highest BCUT2D eigenvalue weighted by atomic mass is 32.2. The summed E-state index contributed by atoms with van der Waals surface area (Å²) in [6.45, 7) is 2.29. The number of allylic oxidation sites excluding steroid dienone is 2. The first-order valence-electron chi connectivity index (χ1n) is 9.55. The molecule has 0 aliphatic heterocycles. The molecule has 0 saturated heterocycles. The van der Waals surface area contributed by atoms with E-state index in [1.165, 1.54) is 102 Å². The third-order valence-corrected chi connectivity index (χ3v) is 4.81. The minimum Gasteiger partial charge on any atom is -0.165 e. The van der Waals surface area contributed by atoms with Crippen LogP contribution in [0.1, 0.15) is 103 Å². The molecule has 0 heterocycles.